The standard InChI is InChI=1S/C23H20O/c1-17-8-12-22(13-9-17)23(21-6-4-3-5-7-21)16-19-10-14-20(15-11-19)18(2)24/h3-16H,1-2H3/b23-16-. The normalized spacial score (nSPS) is 11.3. The zero-order valence-electron chi connectivity index (χ0n) is 14.0. The molecule has 0 saturated heterocycles. The van der Waals surface area contributed by atoms with Crippen LogP contribution in [-0.2, 0) is 0 Å². The van der Waals surface area contributed by atoms with Crippen LogP contribution in [-0.4, -0.2) is 5.78 Å². The van der Waals surface area contributed by atoms with E-state index in [1.807, 2.05) is 30.3 Å². The highest BCUT2D eigenvalue weighted by Crippen LogP contribution is 2.26. The molecule has 0 aliphatic carbocycles. The van der Waals surface area contributed by atoms with Crippen molar-refractivity contribution in [1.82, 2.24) is 0 Å². The van der Waals surface area contributed by atoms with Gasteiger partial charge in [0.05, 0.1) is 0 Å². The molecule has 1 nitrogen and oxygen atoms in total. The molecule has 118 valence electrons. The topological polar surface area (TPSA) is 17.1 Å². The molecule has 3 aromatic rings. The van der Waals surface area contributed by atoms with Crippen LogP contribution in [0.4, 0.5) is 0 Å². The second kappa shape index (κ2) is 7.10. The lowest BCUT2D eigenvalue weighted by molar-refractivity contribution is 0.101. The van der Waals surface area contributed by atoms with E-state index in [2.05, 4.69) is 61.5 Å². The van der Waals surface area contributed by atoms with Gasteiger partial charge < -0.3 is 0 Å². The van der Waals surface area contributed by atoms with E-state index in [1.54, 1.807) is 6.92 Å². The molecular weight excluding hydrogens is 292 g/mol. The summed E-state index contributed by atoms with van der Waals surface area (Å²) in [5, 5.41) is 0. The second-order valence-electron chi connectivity index (χ2n) is 5.97. The van der Waals surface area contributed by atoms with Crippen molar-refractivity contribution < 1.29 is 4.79 Å². The summed E-state index contributed by atoms with van der Waals surface area (Å²) in [6.07, 6.45) is 2.17. The smallest absolute Gasteiger partial charge is 0.159 e. The molecule has 0 unspecified atom stereocenters. The highest BCUT2D eigenvalue weighted by molar-refractivity contribution is 5.95. The summed E-state index contributed by atoms with van der Waals surface area (Å²) < 4.78 is 0. The maximum Gasteiger partial charge on any atom is 0.159 e. The van der Waals surface area contributed by atoms with Gasteiger partial charge >= 0.3 is 0 Å². The molecule has 0 atom stereocenters. The fourth-order valence-electron chi connectivity index (χ4n) is 2.66. The van der Waals surface area contributed by atoms with Gasteiger partial charge in [-0.2, -0.15) is 0 Å². The van der Waals surface area contributed by atoms with E-state index in [1.165, 1.54) is 22.3 Å². The molecule has 0 N–H and O–H groups in total. The molecule has 0 heterocycles. The molecular formula is C23H20O. The Hall–Kier alpha value is -2.93. The summed E-state index contributed by atoms with van der Waals surface area (Å²) in [5.41, 5.74) is 6.60. The van der Waals surface area contributed by atoms with Crippen LogP contribution >= 0.6 is 0 Å². The third kappa shape index (κ3) is 3.69. The minimum Gasteiger partial charge on any atom is -0.295 e. The predicted molar refractivity (Wildman–Crippen MR) is 101 cm³/mol. The highest BCUT2D eigenvalue weighted by Gasteiger charge is 2.06. The Kier molecular flexibility index (Phi) is 4.72. The molecule has 0 spiro atoms. The Bertz CT molecular complexity index is 854. The number of hydrogen-bond acceptors (Lipinski definition) is 1. The van der Waals surface area contributed by atoms with Crippen LogP contribution in [0.5, 0.6) is 0 Å². The van der Waals surface area contributed by atoms with Crippen molar-refractivity contribution >= 4 is 17.4 Å². The number of benzene rings is 3. The van der Waals surface area contributed by atoms with Gasteiger partial charge in [0.1, 0.15) is 0 Å². The van der Waals surface area contributed by atoms with E-state index in [0.717, 1.165) is 11.1 Å². The van der Waals surface area contributed by atoms with Gasteiger partial charge in [-0.25, -0.2) is 0 Å². The van der Waals surface area contributed by atoms with Crippen molar-refractivity contribution in [3.63, 3.8) is 0 Å². The number of carbonyl (C=O) groups is 1. The van der Waals surface area contributed by atoms with Crippen LogP contribution in [0.2, 0.25) is 0 Å². The monoisotopic (exact) mass is 312 g/mol. The highest BCUT2D eigenvalue weighted by atomic mass is 16.1. The fraction of sp³-hybridized carbons (Fsp3) is 0.0870. The van der Waals surface area contributed by atoms with Crippen LogP contribution < -0.4 is 0 Å². The Balaban J connectivity index is 2.07. The molecule has 3 rings (SSSR count). The van der Waals surface area contributed by atoms with E-state index in [4.69, 9.17) is 0 Å². The average Bonchev–Trinajstić information content (AvgIpc) is 2.62. The first kappa shape index (κ1) is 15.9. The van der Waals surface area contributed by atoms with Crippen LogP contribution in [0.25, 0.3) is 11.6 Å². The molecule has 0 bridgehead atoms. The third-order valence-corrected chi connectivity index (χ3v) is 4.08. The van der Waals surface area contributed by atoms with Gasteiger partial charge in [0.15, 0.2) is 5.78 Å². The Morgan fingerprint density at radius 3 is 1.83 bits per heavy atom. The lowest BCUT2D eigenvalue weighted by Gasteiger charge is -2.10. The SMILES string of the molecule is CC(=O)c1ccc(/C=C(/c2ccccc2)c2ccc(C)cc2)cc1. The Morgan fingerprint density at radius 1 is 0.708 bits per heavy atom. The summed E-state index contributed by atoms with van der Waals surface area (Å²) in [6.45, 7) is 3.68. The second-order valence-corrected chi connectivity index (χ2v) is 5.97. The molecule has 0 aliphatic rings. The maximum atomic E-state index is 11.4. The molecule has 1 heteroatoms. The van der Waals surface area contributed by atoms with Crippen LogP contribution in [0, 0.1) is 6.92 Å². The number of aryl methyl sites for hydroxylation is 1. The van der Waals surface area contributed by atoms with Crippen molar-refractivity contribution in [1.29, 1.82) is 0 Å². The molecule has 0 aromatic heterocycles. The number of carbonyl (C=O) groups excluding carboxylic acids is 1. The van der Waals surface area contributed by atoms with E-state index < -0.39 is 0 Å². The first-order valence-electron chi connectivity index (χ1n) is 8.08. The molecule has 0 fully saturated rings. The molecule has 0 radical (unpaired) electrons. The lowest BCUT2D eigenvalue weighted by Crippen LogP contribution is -1.92. The predicted octanol–water partition coefficient (Wildman–Crippen LogP) is 5.79. The Morgan fingerprint density at radius 2 is 1.25 bits per heavy atom. The van der Waals surface area contributed by atoms with Gasteiger partial charge in [-0.15, -0.1) is 0 Å². The van der Waals surface area contributed by atoms with Crippen molar-refractivity contribution in [3.8, 4) is 0 Å². The van der Waals surface area contributed by atoms with Gasteiger partial charge in [-0.05, 0) is 42.2 Å². The minimum absolute atomic E-state index is 0.0901. The van der Waals surface area contributed by atoms with E-state index >= 15 is 0 Å². The van der Waals surface area contributed by atoms with Crippen LogP contribution in [0.15, 0.2) is 78.9 Å². The number of rotatable bonds is 4. The van der Waals surface area contributed by atoms with E-state index in [9.17, 15) is 4.79 Å². The first-order valence-corrected chi connectivity index (χ1v) is 8.08. The number of Topliss-reactive ketones (excluding diaryl/α,β-unsaturated/α-hetero) is 1. The fourth-order valence-corrected chi connectivity index (χ4v) is 2.66. The molecule has 24 heavy (non-hydrogen) atoms. The van der Waals surface area contributed by atoms with Gasteiger partial charge in [0.2, 0.25) is 0 Å². The Labute approximate surface area is 143 Å². The molecule has 0 saturated carbocycles. The zero-order chi connectivity index (χ0) is 16.9. The first-order chi connectivity index (χ1) is 11.6. The molecule has 3 aromatic carbocycles. The summed E-state index contributed by atoms with van der Waals surface area (Å²) in [5.74, 6) is 0.0901. The van der Waals surface area contributed by atoms with Gasteiger partial charge in [0.25, 0.3) is 0 Å². The van der Waals surface area contributed by atoms with E-state index in [0.29, 0.717) is 0 Å². The van der Waals surface area contributed by atoms with Crippen molar-refractivity contribution in [2.45, 2.75) is 13.8 Å². The third-order valence-electron chi connectivity index (χ3n) is 4.08. The number of hydrogen-bond donors (Lipinski definition) is 0. The number of ketones is 1. The van der Waals surface area contributed by atoms with E-state index in [-0.39, 0.29) is 5.78 Å². The molecule has 0 aliphatic heterocycles. The minimum atomic E-state index is 0.0901. The van der Waals surface area contributed by atoms with Crippen LogP contribution in [0.1, 0.15) is 39.5 Å². The van der Waals surface area contributed by atoms with Gasteiger partial charge in [0, 0.05) is 5.56 Å². The molecule has 0 amide bonds. The summed E-state index contributed by atoms with van der Waals surface area (Å²) >= 11 is 0. The summed E-state index contributed by atoms with van der Waals surface area (Å²) in [7, 11) is 0. The maximum absolute atomic E-state index is 11.4. The van der Waals surface area contributed by atoms with Crippen molar-refractivity contribution in [3.05, 3.63) is 107 Å². The summed E-state index contributed by atoms with van der Waals surface area (Å²) in [4.78, 5) is 11.4. The van der Waals surface area contributed by atoms with Gasteiger partial charge in [-0.3, -0.25) is 4.79 Å². The zero-order valence-corrected chi connectivity index (χ0v) is 14.0. The average molecular weight is 312 g/mol. The lowest BCUT2D eigenvalue weighted by atomic mass is 9.95. The quantitative estimate of drug-likeness (QED) is 0.440. The van der Waals surface area contributed by atoms with Crippen LogP contribution in [0.3, 0.4) is 0 Å². The largest absolute Gasteiger partial charge is 0.295 e. The van der Waals surface area contributed by atoms with Gasteiger partial charge in [-0.1, -0.05) is 84.4 Å². The van der Waals surface area contributed by atoms with Crippen molar-refractivity contribution in [2.75, 3.05) is 0 Å². The summed E-state index contributed by atoms with van der Waals surface area (Å²) in [6, 6.07) is 26.7. The van der Waals surface area contributed by atoms with Crippen molar-refractivity contribution in [2.24, 2.45) is 0 Å².